The minimum absolute atomic E-state index is 0. The number of hydrogen-bond donors (Lipinski definition) is 0. The second-order valence-electron chi connectivity index (χ2n) is 10.8. The first-order chi connectivity index (χ1) is 19.3. The van der Waals surface area contributed by atoms with Crippen LogP contribution in [0.3, 0.4) is 0 Å². The Bertz CT molecular complexity index is 1580. The summed E-state index contributed by atoms with van der Waals surface area (Å²) in [5.74, 6) is 0. The van der Waals surface area contributed by atoms with Gasteiger partial charge in [0.1, 0.15) is 0 Å². The smallest absolute Gasteiger partial charge is 1.00 e. The maximum atomic E-state index is 2.32. The molecule has 0 aliphatic carbocycles. The molecular formula is C38H40Cl2SiZr-2. The van der Waals surface area contributed by atoms with Crippen LogP contribution in [0.15, 0.2) is 109 Å². The molecule has 0 unspecified atom stereocenters. The summed E-state index contributed by atoms with van der Waals surface area (Å²) in [5.41, 5.74) is 11.0. The second kappa shape index (κ2) is 17.2. The van der Waals surface area contributed by atoms with E-state index in [-0.39, 0.29) is 30.2 Å². The zero-order valence-corrected chi connectivity index (χ0v) is 30.5. The van der Waals surface area contributed by atoms with Crippen molar-refractivity contribution in [3.05, 3.63) is 131 Å². The zero-order chi connectivity index (χ0) is 28.6. The molecule has 0 saturated carbocycles. The third kappa shape index (κ3) is 9.39. The zero-order valence-electron chi connectivity index (χ0n) is 25.6. The number of aryl methyl sites for hydroxylation is 4. The molecule has 42 heavy (non-hydrogen) atoms. The Balaban J connectivity index is 0.000000250. The molecule has 216 valence electrons. The van der Waals surface area contributed by atoms with Gasteiger partial charge in [-0.2, -0.15) is 12.1 Å². The van der Waals surface area contributed by atoms with Crippen molar-refractivity contribution in [2.24, 2.45) is 0 Å². The Hall–Kier alpha value is -2.22. The van der Waals surface area contributed by atoms with Gasteiger partial charge in [-0.3, -0.25) is 0 Å². The van der Waals surface area contributed by atoms with Crippen molar-refractivity contribution in [1.82, 2.24) is 0 Å². The molecule has 0 radical (unpaired) electrons. The first kappa shape index (κ1) is 36.0. The summed E-state index contributed by atoms with van der Waals surface area (Å²) >= 11 is 1.74. The summed E-state index contributed by atoms with van der Waals surface area (Å²) in [5, 5.41) is 5.45. The molecule has 6 aromatic carbocycles. The van der Waals surface area contributed by atoms with Crippen molar-refractivity contribution >= 4 is 27.0 Å². The number of benzene rings is 4. The summed E-state index contributed by atoms with van der Waals surface area (Å²) < 4.78 is 0. The molecule has 0 nitrogen and oxygen atoms in total. The molecule has 0 fully saturated rings. The molecule has 0 bridgehead atoms. The van der Waals surface area contributed by atoms with Crippen LogP contribution < -0.4 is 24.8 Å². The van der Waals surface area contributed by atoms with E-state index in [2.05, 4.69) is 150 Å². The van der Waals surface area contributed by atoms with Gasteiger partial charge < -0.3 is 24.8 Å². The van der Waals surface area contributed by atoms with Gasteiger partial charge in [0.2, 0.25) is 0 Å². The molecule has 0 aromatic heterocycles. The minimum atomic E-state index is 0. The van der Waals surface area contributed by atoms with Crippen LogP contribution in [0.5, 0.6) is 0 Å². The van der Waals surface area contributed by atoms with E-state index in [1.807, 2.05) is 0 Å². The van der Waals surface area contributed by atoms with E-state index >= 15 is 0 Å². The van der Waals surface area contributed by atoms with Gasteiger partial charge in [-0.05, 0) is 37.8 Å². The molecule has 0 heterocycles. The molecule has 0 aliphatic rings. The van der Waals surface area contributed by atoms with E-state index in [0.29, 0.717) is 0 Å². The average Bonchev–Trinajstić information content (AvgIpc) is 3.58. The fraction of sp³-hybridized carbons (Fsp3) is 0.211. The van der Waals surface area contributed by atoms with Crippen molar-refractivity contribution < 1.29 is 48.1 Å². The largest absolute Gasteiger partial charge is 1.00 e. The maximum Gasteiger partial charge on any atom is -1.00 e. The van der Waals surface area contributed by atoms with Gasteiger partial charge in [-0.15, -0.1) is 69.1 Å². The monoisotopic (exact) mass is 684 g/mol. The summed E-state index contributed by atoms with van der Waals surface area (Å²) in [7, 11) is 0. The van der Waals surface area contributed by atoms with Crippen LogP contribution in [-0.4, -0.2) is 5.43 Å². The predicted molar refractivity (Wildman–Crippen MR) is 176 cm³/mol. The van der Waals surface area contributed by atoms with Gasteiger partial charge in [-0.25, -0.2) is 0 Å². The van der Waals surface area contributed by atoms with Gasteiger partial charge in [0.25, 0.3) is 0 Å². The van der Waals surface area contributed by atoms with E-state index in [0.717, 1.165) is 12.8 Å². The number of halogens is 2. The van der Waals surface area contributed by atoms with Gasteiger partial charge in [0, 0.05) is 0 Å². The number of hydrogen-bond acceptors (Lipinski definition) is 0. The van der Waals surface area contributed by atoms with Crippen LogP contribution in [0.25, 0.3) is 43.8 Å². The van der Waals surface area contributed by atoms with E-state index in [1.165, 1.54) is 66.1 Å². The second-order valence-corrected chi connectivity index (χ2v) is 20.2. The minimum Gasteiger partial charge on any atom is -1.00 e. The standard InChI is InChI=1S/2C18H17.C2H6Si.2ClH.Zr/c2*1-3-14-11-16-5-4-6-17(18(16)12-14)15-9-7-13(2)8-10-15;1-3-2;;;/h2*4-12H,3H2,1-2H3;1-2H3;2*1H;/q2*-1;;;;+2/p-2. The van der Waals surface area contributed by atoms with Crippen molar-refractivity contribution in [3.8, 4) is 22.3 Å². The van der Waals surface area contributed by atoms with Crippen LogP contribution in [0, 0.1) is 13.8 Å². The summed E-state index contributed by atoms with van der Waals surface area (Å²) in [4.78, 5) is 0. The Morgan fingerprint density at radius 2 is 0.905 bits per heavy atom. The van der Waals surface area contributed by atoms with Crippen molar-refractivity contribution in [2.45, 2.75) is 53.6 Å². The number of rotatable bonds is 4. The molecule has 0 aliphatic heterocycles. The Morgan fingerprint density at radius 1 is 0.571 bits per heavy atom. The molecule has 6 aromatic rings. The molecule has 4 heteroatoms. The van der Waals surface area contributed by atoms with Gasteiger partial charge >= 0.3 is 41.9 Å². The van der Waals surface area contributed by atoms with E-state index in [9.17, 15) is 0 Å². The topological polar surface area (TPSA) is 0 Å². The normalized spacial score (nSPS) is 10.1. The van der Waals surface area contributed by atoms with Crippen LogP contribution in [0.4, 0.5) is 0 Å². The Morgan fingerprint density at radius 3 is 1.21 bits per heavy atom. The van der Waals surface area contributed by atoms with Crippen LogP contribution >= 0.6 is 0 Å². The molecule has 0 spiro atoms. The molecule has 0 N–H and O–H groups in total. The molecular weight excluding hydrogens is 647 g/mol. The Labute approximate surface area is 280 Å². The molecule has 0 amide bonds. The summed E-state index contributed by atoms with van der Waals surface area (Å²) in [6, 6.07) is 39.9. The maximum absolute atomic E-state index is 2.32. The first-order valence-corrected chi connectivity index (χ1v) is 20.5. The average molecular weight is 687 g/mol. The third-order valence-electron chi connectivity index (χ3n) is 7.16. The quantitative estimate of drug-likeness (QED) is 0.181. The molecule has 0 saturated heterocycles. The first-order valence-electron chi connectivity index (χ1n) is 14.3. The van der Waals surface area contributed by atoms with Gasteiger partial charge in [0.15, 0.2) is 0 Å². The SMILES string of the molecule is CCc1cc2c(-c3ccc(C)cc3)cccc2[cH-]1.CCc1cc2c(-c3ccc(C)cc3)cccc2[cH-]1.C[Si](C)=[Zr+2].[Cl-].[Cl-]. The van der Waals surface area contributed by atoms with Crippen LogP contribution in [0.1, 0.15) is 36.1 Å². The molecule has 0 atom stereocenters. The summed E-state index contributed by atoms with van der Waals surface area (Å²) in [6.45, 7) is 13.3. The fourth-order valence-corrected chi connectivity index (χ4v) is 4.97. The van der Waals surface area contributed by atoms with E-state index in [4.69, 9.17) is 0 Å². The van der Waals surface area contributed by atoms with Gasteiger partial charge in [0.05, 0.1) is 0 Å². The van der Waals surface area contributed by atoms with Gasteiger partial charge in [-0.1, -0.05) is 96.8 Å². The summed E-state index contributed by atoms with van der Waals surface area (Å²) in [6.07, 6.45) is 2.20. The van der Waals surface area contributed by atoms with Crippen LogP contribution in [0.2, 0.25) is 13.1 Å². The number of fused-ring (bicyclic) bond motifs is 2. The van der Waals surface area contributed by atoms with E-state index in [1.54, 1.807) is 23.3 Å². The van der Waals surface area contributed by atoms with Crippen molar-refractivity contribution in [2.75, 3.05) is 0 Å². The van der Waals surface area contributed by atoms with Crippen molar-refractivity contribution in [1.29, 1.82) is 0 Å². The van der Waals surface area contributed by atoms with Crippen molar-refractivity contribution in [3.63, 3.8) is 0 Å². The van der Waals surface area contributed by atoms with Crippen LogP contribution in [-0.2, 0) is 36.2 Å². The van der Waals surface area contributed by atoms with E-state index < -0.39 is 0 Å². The predicted octanol–water partition coefficient (Wildman–Crippen LogP) is 4.99. The Kier molecular flexibility index (Phi) is 14.7. The fourth-order valence-electron chi connectivity index (χ4n) is 4.97. The third-order valence-corrected chi connectivity index (χ3v) is 7.16. The molecule has 6 rings (SSSR count).